The highest BCUT2D eigenvalue weighted by Gasteiger charge is 2.32. The highest BCUT2D eigenvalue weighted by molar-refractivity contribution is 5.84. The van der Waals surface area contributed by atoms with Crippen LogP contribution in [0.4, 0.5) is 0 Å². The molecule has 1 rings (SSSR count). The van der Waals surface area contributed by atoms with E-state index in [-0.39, 0.29) is 12.0 Å². The first-order valence-corrected chi connectivity index (χ1v) is 6.24. The van der Waals surface area contributed by atoms with Crippen molar-refractivity contribution in [2.45, 2.75) is 38.8 Å². The summed E-state index contributed by atoms with van der Waals surface area (Å²) in [5, 5.41) is 3.12. The first-order valence-electron chi connectivity index (χ1n) is 6.24. The summed E-state index contributed by atoms with van der Waals surface area (Å²) in [6.45, 7) is 6.39. The molecular formula is C14H22N2O2. The zero-order valence-corrected chi connectivity index (χ0v) is 11.3. The number of carbonyl (C=O) groups excluding carboxylic acids is 1. The quantitative estimate of drug-likeness (QED) is 0.774. The number of nitrogens with one attached hydrogen (secondary N) is 1. The van der Waals surface area contributed by atoms with Gasteiger partial charge in [-0.05, 0) is 32.5 Å². The Hall–Kier alpha value is -1.55. The van der Waals surface area contributed by atoms with Crippen LogP contribution >= 0.6 is 0 Å². The second-order valence-corrected chi connectivity index (χ2v) is 4.67. The minimum absolute atomic E-state index is 0.0936. The van der Waals surface area contributed by atoms with E-state index in [1.807, 2.05) is 51.1 Å². The normalized spacial score (nSPS) is 15.7. The molecule has 1 aromatic rings. The molecule has 0 bridgehead atoms. The first-order chi connectivity index (χ1) is 8.48. The van der Waals surface area contributed by atoms with Gasteiger partial charge in [-0.15, -0.1) is 0 Å². The monoisotopic (exact) mass is 250 g/mol. The van der Waals surface area contributed by atoms with Crippen LogP contribution in [0.3, 0.4) is 0 Å². The van der Waals surface area contributed by atoms with Crippen LogP contribution in [0.25, 0.3) is 0 Å². The van der Waals surface area contributed by atoms with Gasteiger partial charge in [-0.3, -0.25) is 4.79 Å². The third kappa shape index (κ3) is 4.04. The molecule has 2 atom stereocenters. The van der Waals surface area contributed by atoms with E-state index in [4.69, 9.17) is 10.5 Å². The molecule has 0 saturated heterocycles. The molecule has 0 fully saturated rings. The number of hydrogen-bond acceptors (Lipinski definition) is 3. The van der Waals surface area contributed by atoms with E-state index in [1.54, 1.807) is 0 Å². The third-order valence-corrected chi connectivity index (χ3v) is 2.89. The highest BCUT2D eigenvalue weighted by atomic mass is 16.5. The summed E-state index contributed by atoms with van der Waals surface area (Å²) in [6.07, 6.45) is 0.439. The molecule has 4 nitrogen and oxygen atoms in total. The fourth-order valence-electron chi connectivity index (χ4n) is 2.00. The smallest absolute Gasteiger partial charge is 0.237 e. The lowest BCUT2D eigenvalue weighted by atomic mass is 9.94. The molecule has 1 amide bonds. The van der Waals surface area contributed by atoms with E-state index in [2.05, 4.69) is 5.32 Å². The van der Waals surface area contributed by atoms with Gasteiger partial charge in [0.25, 0.3) is 0 Å². The number of likely N-dealkylation sites (N-methyl/N-ethyl adjacent to an activating group) is 1. The predicted molar refractivity (Wildman–Crippen MR) is 72.4 cm³/mol. The minimum Gasteiger partial charge on any atom is -0.491 e. The van der Waals surface area contributed by atoms with Gasteiger partial charge >= 0.3 is 0 Å². The topological polar surface area (TPSA) is 64.3 Å². The Kier molecular flexibility index (Phi) is 5.16. The van der Waals surface area contributed by atoms with Crippen molar-refractivity contribution in [3.63, 3.8) is 0 Å². The minimum atomic E-state index is -0.733. The van der Waals surface area contributed by atoms with Crippen molar-refractivity contribution in [2.75, 3.05) is 6.54 Å². The van der Waals surface area contributed by atoms with E-state index >= 15 is 0 Å². The molecule has 1 aromatic carbocycles. The Labute approximate surface area is 109 Å². The van der Waals surface area contributed by atoms with Crippen molar-refractivity contribution in [3.8, 4) is 5.75 Å². The summed E-state index contributed by atoms with van der Waals surface area (Å²) in [4.78, 5) is 11.5. The van der Waals surface area contributed by atoms with Gasteiger partial charge in [0.05, 0.1) is 11.6 Å². The molecule has 0 aromatic heterocycles. The maximum absolute atomic E-state index is 11.5. The van der Waals surface area contributed by atoms with Crippen molar-refractivity contribution in [2.24, 2.45) is 5.73 Å². The summed E-state index contributed by atoms with van der Waals surface area (Å²) in [7, 11) is 0. The molecule has 100 valence electrons. The summed E-state index contributed by atoms with van der Waals surface area (Å²) < 4.78 is 5.76. The molecular weight excluding hydrogens is 228 g/mol. The number of carbonyl (C=O) groups is 1. The lowest BCUT2D eigenvalue weighted by Crippen LogP contribution is -2.55. The number of nitrogens with two attached hydrogens (primary N) is 1. The second kappa shape index (κ2) is 6.40. The molecule has 0 aliphatic rings. The van der Waals surface area contributed by atoms with Crippen molar-refractivity contribution in [1.29, 1.82) is 0 Å². The standard InChI is InChI=1S/C14H22N2O2/c1-4-16-14(3,13(15)17)10-11(2)18-12-8-6-5-7-9-12/h5-9,11,16H,4,10H2,1-3H3,(H2,15,17). The van der Waals surface area contributed by atoms with Crippen LogP contribution in [0.5, 0.6) is 5.75 Å². The van der Waals surface area contributed by atoms with Crippen molar-refractivity contribution >= 4 is 5.91 Å². The van der Waals surface area contributed by atoms with E-state index in [9.17, 15) is 4.79 Å². The van der Waals surface area contributed by atoms with Crippen molar-refractivity contribution in [1.82, 2.24) is 5.32 Å². The number of rotatable bonds is 7. The van der Waals surface area contributed by atoms with Crippen LogP contribution in [-0.2, 0) is 4.79 Å². The zero-order chi connectivity index (χ0) is 13.6. The third-order valence-electron chi connectivity index (χ3n) is 2.89. The molecule has 0 saturated carbocycles. The van der Waals surface area contributed by atoms with Crippen molar-refractivity contribution in [3.05, 3.63) is 30.3 Å². The van der Waals surface area contributed by atoms with Gasteiger partial charge in [0, 0.05) is 6.42 Å². The van der Waals surface area contributed by atoms with Crippen LogP contribution in [0.2, 0.25) is 0 Å². The fraction of sp³-hybridized carbons (Fsp3) is 0.500. The molecule has 0 aliphatic carbocycles. The number of para-hydroxylation sites is 1. The molecule has 2 unspecified atom stereocenters. The number of hydrogen-bond donors (Lipinski definition) is 2. The Morgan fingerprint density at radius 1 is 1.44 bits per heavy atom. The first kappa shape index (κ1) is 14.5. The van der Waals surface area contributed by atoms with E-state index in [1.165, 1.54) is 0 Å². The molecule has 4 heteroatoms. The maximum atomic E-state index is 11.5. The Balaban J connectivity index is 2.62. The molecule has 18 heavy (non-hydrogen) atoms. The second-order valence-electron chi connectivity index (χ2n) is 4.67. The van der Waals surface area contributed by atoms with Gasteiger partial charge < -0.3 is 15.8 Å². The lowest BCUT2D eigenvalue weighted by molar-refractivity contribution is -0.124. The molecule has 0 spiro atoms. The van der Waals surface area contributed by atoms with E-state index in [0.717, 1.165) is 5.75 Å². The fourth-order valence-corrected chi connectivity index (χ4v) is 2.00. The van der Waals surface area contributed by atoms with Crippen LogP contribution in [0.1, 0.15) is 27.2 Å². The van der Waals surface area contributed by atoms with Gasteiger partial charge in [-0.25, -0.2) is 0 Å². The van der Waals surface area contributed by atoms with E-state index in [0.29, 0.717) is 13.0 Å². The summed E-state index contributed by atoms with van der Waals surface area (Å²) in [5.41, 5.74) is 4.71. The van der Waals surface area contributed by atoms with E-state index < -0.39 is 5.54 Å². The van der Waals surface area contributed by atoms with Crippen LogP contribution < -0.4 is 15.8 Å². The van der Waals surface area contributed by atoms with Gasteiger partial charge in [0.1, 0.15) is 5.75 Å². The van der Waals surface area contributed by atoms with Crippen LogP contribution in [0.15, 0.2) is 30.3 Å². The number of amides is 1. The largest absolute Gasteiger partial charge is 0.491 e. The van der Waals surface area contributed by atoms with Gasteiger partial charge in [-0.1, -0.05) is 25.1 Å². The van der Waals surface area contributed by atoms with Gasteiger partial charge in [-0.2, -0.15) is 0 Å². The Morgan fingerprint density at radius 2 is 2.06 bits per heavy atom. The van der Waals surface area contributed by atoms with Gasteiger partial charge in [0.15, 0.2) is 0 Å². The Bertz CT molecular complexity index is 381. The number of ether oxygens (including phenoxy) is 1. The highest BCUT2D eigenvalue weighted by Crippen LogP contribution is 2.18. The van der Waals surface area contributed by atoms with Crippen molar-refractivity contribution < 1.29 is 9.53 Å². The molecule has 0 aliphatic heterocycles. The summed E-state index contributed by atoms with van der Waals surface area (Å²) in [6, 6.07) is 9.56. The van der Waals surface area contributed by atoms with Gasteiger partial charge in [0.2, 0.25) is 5.91 Å². The summed E-state index contributed by atoms with van der Waals surface area (Å²) in [5.74, 6) is 0.446. The average Bonchev–Trinajstić information content (AvgIpc) is 2.30. The number of benzene rings is 1. The molecule has 0 heterocycles. The maximum Gasteiger partial charge on any atom is 0.237 e. The predicted octanol–water partition coefficient (Wildman–Crippen LogP) is 1.70. The zero-order valence-electron chi connectivity index (χ0n) is 11.3. The SMILES string of the molecule is CCNC(C)(CC(C)Oc1ccccc1)C(N)=O. The number of primary amides is 1. The molecule has 0 radical (unpaired) electrons. The summed E-state index contributed by atoms with van der Waals surface area (Å²) >= 11 is 0. The van der Waals surface area contributed by atoms with Crippen LogP contribution in [-0.4, -0.2) is 24.1 Å². The Morgan fingerprint density at radius 3 is 2.56 bits per heavy atom. The lowest BCUT2D eigenvalue weighted by Gasteiger charge is -2.30. The molecule has 3 N–H and O–H groups in total. The van der Waals surface area contributed by atoms with Crippen LogP contribution in [0, 0.1) is 0 Å². The average molecular weight is 250 g/mol.